The maximum absolute atomic E-state index is 12.2. The van der Waals surface area contributed by atoms with Crippen LogP contribution in [0.2, 0.25) is 0 Å². The molecule has 2 unspecified atom stereocenters. The smallest absolute Gasteiger partial charge is 0.320 e. The third-order valence-corrected chi connectivity index (χ3v) is 4.25. The molecule has 6 nitrogen and oxygen atoms in total. The third kappa shape index (κ3) is 3.93. The molecule has 114 valence electrons. The van der Waals surface area contributed by atoms with E-state index in [0.717, 1.165) is 25.9 Å². The van der Waals surface area contributed by atoms with Crippen molar-refractivity contribution in [2.24, 2.45) is 0 Å². The molecule has 0 bridgehead atoms. The molecule has 0 aliphatic carbocycles. The van der Waals surface area contributed by atoms with Gasteiger partial charge in [-0.25, -0.2) is 0 Å². The Hall–Kier alpha value is -1.14. The van der Waals surface area contributed by atoms with E-state index in [9.17, 15) is 9.59 Å². The van der Waals surface area contributed by atoms with Crippen molar-refractivity contribution in [1.29, 1.82) is 0 Å². The average Bonchev–Trinajstić information content (AvgIpc) is 2.47. The highest BCUT2D eigenvalue weighted by molar-refractivity contribution is 5.77. The van der Waals surface area contributed by atoms with Gasteiger partial charge in [-0.3, -0.25) is 14.5 Å². The Morgan fingerprint density at radius 1 is 1.25 bits per heavy atom. The number of amides is 1. The van der Waals surface area contributed by atoms with Gasteiger partial charge in [0, 0.05) is 32.8 Å². The Morgan fingerprint density at radius 2 is 1.95 bits per heavy atom. The molecule has 2 aliphatic rings. The number of aliphatic carboxylic acids is 1. The molecule has 0 aromatic carbocycles. The van der Waals surface area contributed by atoms with E-state index in [1.165, 1.54) is 0 Å². The van der Waals surface area contributed by atoms with Crippen molar-refractivity contribution in [3.05, 3.63) is 0 Å². The highest BCUT2D eigenvalue weighted by Gasteiger charge is 2.28. The van der Waals surface area contributed by atoms with Gasteiger partial charge in [0.25, 0.3) is 0 Å². The van der Waals surface area contributed by atoms with E-state index in [2.05, 4.69) is 0 Å². The summed E-state index contributed by atoms with van der Waals surface area (Å²) in [4.78, 5) is 26.9. The zero-order chi connectivity index (χ0) is 14.5. The van der Waals surface area contributed by atoms with Crippen molar-refractivity contribution in [3.8, 4) is 0 Å². The number of carboxylic acids is 1. The number of rotatable bonds is 4. The van der Waals surface area contributed by atoms with E-state index < -0.39 is 12.0 Å². The van der Waals surface area contributed by atoms with Gasteiger partial charge in [-0.05, 0) is 26.2 Å². The zero-order valence-corrected chi connectivity index (χ0v) is 12.1. The summed E-state index contributed by atoms with van der Waals surface area (Å²) < 4.78 is 5.59. The average molecular weight is 284 g/mol. The SMILES string of the molecule is CC(C(=O)O)N1CCN(C(=O)CC2CCCCO2)CC1. The van der Waals surface area contributed by atoms with Crippen molar-refractivity contribution in [3.63, 3.8) is 0 Å². The third-order valence-electron chi connectivity index (χ3n) is 4.25. The molecule has 1 amide bonds. The molecule has 2 aliphatic heterocycles. The van der Waals surface area contributed by atoms with Crippen LogP contribution in [0, 0.1) is 0 Å². The predicted molar refractivity (Wildman–Crippen MR) is 73.5 cm³/mol. The molecule has 0 spiro atoms. The fraction of sp³-hybridized carbons (Fsp3) is 0.857. The molecular formula is C14H24N2O4. The second-order valence-electron chi connectivity index (χ2n) is 5.62. The first-order chi connectivity index (χ1) is 9.58. The summed E-state index contributed by atoms with van der Waals surface area (Å²) in [5.41, 5.74) is 0. The van der Waals surface area contributed by atoms with Crippen molar-refractivity contribution < 1.29 is 19.4 Å². The Morgan fingerprint density at radius 3 is 2.50 bits per heavy atom. The monoisotopic (exact) mass is 284 g/mol. The van der Waals surface area contributed by atoms with Gasteiger partial charge in [-0.2, -0.15) is 0 Å². The lowest BCUT2D eigenvalue weighted by Gasteiger charge is -2.37. The lowest BCUT2D eigenvalue weighted by atomic mass is 10.1. The van der Waals surface area contributed by atoms with E-state index in [0.29, 0.717) is 32.6 Å². The van der Waals surface area contributed by atoms with Gasteiger partial charge < -0.3 is 14.7 Å². The van der Waals surface area contributed by atoms with Crippen LogP contribution < -0.4 is 0 Å². The summed E-state index contributed by atoms with van der Waals surface area (Å²) in [5, 5.41) is 8.99. The highest BCUT2D eigenvalue weighted by Crippen LogP contribution is 2.17. The summed E-state index contributed by atoms with van der Waals surface area (Å²) >= 11 is 0. The minimum Gasteiger partial charge on any atom is -0.480 e. The topological polar surface area (TPSA) is 70.1 Å². The van der Waals surface area contributed by atoms with Crippen molar-refractivity contribution in [2.45, 2.75) is 44.8 Å². The summed E-state index contributed by atoms with van der Waals surface area (Å²) in [6.45, 7) is 4.94. The molecule has 0 aromatic rings. The van der Waals surface area contributed by atoms with Crippen molar-refractivity contribution >= 4 is 11.9 Å². The Bertz CT molecular complexity index is 347. The molecule has 6 heteroatoms. The number of hydrogen-bond donors (Lipinski definition) is 1. The van der Waals surface area contributed by atoms with Gasteiger partial charge in [0.05, 0.1) is 12.5 Å². The number of carbonyl (C=O) groups excluding carboxylic acids is 1. The molecule has 0 aromatic heterocycles. The quantitative estimate of drug-likeness (QED) is 0.817. The molecule has 2 heterocycles. The number of carboxylic acid groups (broad SMARTS) is 1. The van der Waals surface area contributed by atoms with Crippen LogP contribution in [0.15, 0.2) is 0 Å². The van der Waals surface area contributed by atoms with Crippen LogP contribution in [0.1, 0.15) is 32.6 Å². The summed E-state index contributed by atoms with van der Waals surface area (Å²) in [6.07, 6.45) is 3.75. The van der Waals surface area contributed by atoms with Gasteiger partial charge in [0.2, 0.25) is 5.91 Å². The van der Waals surface area contributed by atoms with Gasteiger partial charge in [0.15, 0.2) is 0 Å². The number of nitrogens with zero attached hydrogens (tertiary/aromatic N) is 2. The minimum absolute atomic E-state index is 0.0761. The van der Waals surface area contributed by atoms with Crippen molar-refractivity contribution in [2.75, 3.05) is 32.8 Å². The Labute approximate surface area is 119 Å². The number of carbonyl (C=O) groups is 2. The first-order valence-corrected chi connectivity index (χ1v) is 7.44. The van der Waals surface area contributed by atoms with Gasteiger partial charge >= 0.3 is 5.97 Å². The van der Waals surface area contributed by atoms with Gasteiger partial charge in [0.1, 0.15) is 6.04 Å². The minimum atomic E-state index is -0.805. The van der Waals surface area contributed by atoms with Crippen LogP contribution in [0.5, 0.6) is 0 Å². The molecule has 2 saturated heterocycles. The van der Waals surface area contributed by atoms with Gasteiger partial charge in [-0.1, -0.05) is 0 Å². The lowest BCUT2D eigenvalue weighted by Crippen LogP contribution is -2.53. The summed E-state index contributed by atoms with van der Waals surface area (Å²) in [5.74, 6) is -0.667. The van der Waals surface area contributed by atoms with E-state index >= 15 is 0 Å². The van der Waals surface area contributed by atoms with Crippen LogP contribution in [0.25, 0.3) is 0 Å². The molecule has 0 radical (unpaired) electrons. The van der Waals surface area contributed by atoms with E-state index in [1.54, 1.807) is 6.92 Å². The van der Waals surface area contributed by atoms with E-state index in [-0.39, 0.29) is 12.0 Å². The highest BCUT2D eigenvalue weighted by atomic mass is 16.5. The zero-order valence-electron chi connectivity index (χ0n) is 12.1. The molecular weight excluding hydrogens is 260 g/mol. The molecule has 1 N–H and O–H groups in total. The number of hydrogen-bond acceptors (Lipinski definition) is 4. The lowest BCUT2D eigenvalue weighted by molar-refractivity contribution is -0.144. The second kappa shape index (κ2) is 7.04. The first-order valence-electron chi connectivity index (χ1n) is 7.44. The number of ether oxygens (including phenoxy) is 1. The van der Waals surface area contributed by atoms with Crippen LogP contribution in [0.4, 0.5) is 0 Å². The van der Waals surface area contributed by atoms with Crippen LogP contribution in [0.3, 0.4) is 0 Å². The van der Waals surface area contributed by atoms with Crippen LogP contribution >= 0.6 is 0 Å². The maximum atomic E-state index is 12.2. The molecule has 2 fully saturated rings. The molecule has 20 heavy (non-hydrogen) atoms. The van der Waals surface area contributed by atoms with E-state index in [1.807, 2.05) is 9.80 Å². The van der Waals surface area contributed by atoms with Crippen molar-refractivity contribution in [1.82, 2.24) is 9.80 Å². The van der Waals surface area contributed by atoms with E-state index in [4.69, 9.17) is 9.84 Å². The largest absolute Gasteiger partial charge is 0.480 e. The predicted octanol–water partition coefficient (Wildman–Crippen LogP) is 0.563. The Kier molecular flexibility index (Phi) is 5.37. The van der Waals surface area contributed by atoms with Gasteiger partial charge in [-0.15, -0.1) is 0 Å². The molecule has 2 atom stereocenters. The number of piperazine rings is 1. The maximum Gasteiger partial charge on any atom is 0.320 e. The van der Waals surface area contributed by atoms with Crippen LogP contribution in [-0.2, 0) is 14.3 Å². The Balaban J connectivity index is 1.75. The fourth-order valence-electron chi connectivity index (χ4n) is 2.81. The standard InChI is InChI=1S/C14H24N2O4/c1-11(14(18)19)15-5-7-16(8-6-15)13(17)10-12-4-2-3-9-20-12/h11-12H,2-10H2,1H3,(H,18,19). The first kappa shape index (κ1) is 15.3. The van der Waals surface area contributed by atoms with Crippen LogP contribution in [-0.4, -0.2) is 71.7 Å². The molecule has 2 rings (SSSR count). The normalized spacial score (nSPS) is 26.2. The second-order valence-corrected chi connectivity index (χ2v) is 5.62. The summed E-state index contributed by atoms with van der Waals surface area (Å²) in [7, 11) is 0. The molecule has 0 saturated carbocycles. The fourth-order valence-corrected chi connectivity index (χ4v) is 2.81. The summed E-state index contributed by atoms with van der Waals surface area (Å²) in [6, 6.07) is -0.478.